The molecule has 0 aliphatic carbocycles. The van der Waals surface area contributed by atoms with Crippen LogP contribution in [0.25, 0.3) is 0 Å². The molecule has 0 saturated heterocycles. The van der Waals surface area contributed by atoms with E-state index in [9.17, 15) is 0 Å². The molecule has 15 heavy (non-hydrogen) atoms. The van der Waals surface area contributed by atoms with E-state index in [1.807, 2.05) is 0 Å². The average molecular weight is 203 g/mol. The quantitative estimate of drug-likeness (QED) is 0.777. The molecule has 2 rings (SSSR count). The number of nitrogens with one attached hydrogen (secondary N) is 1. The van der Waals surface area contributed by atoms with Gasteiger partial charge in [0, 0.05) is 12.1 Å². The van der Waals surface area contributed by atoms with Crippen LogP contribution in [0.2, 0.25) is 0 Å². The maximum atomic E-state index is 3.70. The fraction of sp³-hybridized carbons (Fsp3) is 0.571. The Bertz CT molecular complexity index is 330. The summed E-state index contributed by atoms with van der Waals surface area (Å²) in [5.41, 5.74) is 3.05. The molecule has 0 saturated carbocycles. The molecule has 1 aromatic rings. The highest BCUT2D eigenvalue weighted by Gasteiger charge is 2.23. The Morgan fingerprint density at radius 3 is 2.80 bits per heavy atom. The van der Waals surface area contributed by atoms with E-state index in [4.69, 9.17) is 0 Å². The second-order valence-electron chi connectivity index (χ2n) is 5.15. The third-order valence-corrected chi connectivity index (χ3v) is 3.15. The van der Waals surface area contributed by atoms with Crippen molar-refractivity contribution in [3.8, 4) is 0 Å². The van der Waals surface area contributed by atoms with E-state index in [1.165, 1.54) is 24.0 Å². The van der Waals surface area contributed by atoms with Gasteiger partial charge in [-0.2, -0.15) is 0 Å². The summed E-state index contributed by atoms with van der Waals surface area (Å²) in [6, 6.07) is 10.0. The van der Waals surface area contributed by atoms with Crippen molar-refractivity contribution in [3.05, 3.63) is 35.4 Å². The maximum absolute atomic E-state index is 3.70. The average Bonchev–Trinajstić information content (AvgIpc) is 2.16. The Balaban J connectivity index is 2.26. The molecule has 1 aromatic carbocycles. The van der Waals surface area contributed by atoms with Crippen molar-refractivity contribution >= 4 is 0 Å². The normalized spacial score (nSPS) is 25.3. The molecule has 1 heterocycles. The van der Waals surface area contributed by atoms with Crippen molar-refractivity contribution in [2.24, 2.45) is 5.92 Å². The molecule has 0 amide bonds. The largest absolute Gasteiger partial charge is 0.307 e. The minimum absolute atomic E-state index is 0.560. The first-order valence-electron chi connectivity index (χ1n) is 6.00. The Morgan fingerprint density at radius 2 is 2.07 bits per heavy atom. The lowest BCUT2D eigenvalue weighted by Gasteiger charge is -2.32. The molecule has 1 heteroatoms. The van der Waals surface area contributed by atoms with Crippen molar-refractivity contribution in [3.63, 3.8) is 0 Å². The predicted molar refractivity (Wildman–Crippen MR) is 64.9 cm³/mol. The molecule has 2 unspecified atom stereocenters. The van der Waals surface area contributed by atoms with Crippen LogP contribution in [0.5, 0.6) is 0 Å². The third kappa shape index (κ3) is 2.40. The fourth-order valence-corrected chi connectivity index (χ4v) is 2.55. The smallest absolute Gasteiger partial charge is 0.0327 e. The number of fused-ring (bicyclic) bond motifs is 1. The molecule has 2 atom stereocenters. The Morgan fingerprint density at radius 1 is 1.33 bits per heavy atom. The highest BCUT2D eigenvalue weighted by molar-refractivity contribution is 5.33. The standard InChI is InChI=1S/C14H21N/c1-10(2)8-14-13-7-5-4-6-12(13)9-11(3)15-14/h4-7,10-11,14-15H,8-9H2,1-3H3. The molecule has 1 N–H and O–H groups in total. The summed E-state index contributed by atoms with van der Waals surface area (Å²) in [6.45, 7) is 6.87. The summed E-state index contributed by atoms with van der Waals surface area (Å²) in [7, 11) is 0. The first-order chi connectivity index (χ1) is 7.16. The lowest BCUT2D eigenvalue weighted by atomic mass is 9.87. The molecular formula is C14H21N. The molecule has 1 aliphatic heterocycles. The summed E-state index contributed by atoms with van der Waals surface area (Å²) in [6.07, 6.45) is 2.41. The number of benzene rings is 1. The van der Waals surface area contributed by atoms with Gasteiger partial charge in [0.25, 0.3) is 0 Å². The third-order valence-electron chi connectivity index (χ3n) is 3.15. The molecule has 1 nitrogen and oxygen atoms in total. The van der Waals surface area contributed by atoms with Crippen LogP contribution >= 0.6 is 0 Å². The minimum Gasteiger partial charge on any atom is -0.307 e. The van der Waals surface area contributed by atoms with Gasteiger partial charge in [0.1, 0.15) is 0 Å². The van der Waals surface area contributed by atoms with Crippen LogP contribution in [0.4, 0.5) is 0 Å². The van der Waals surface area contributed by atoms with Crippen LogP contribution in [-0.4, -0.2) is 6.04 Å². The molecule has 0 radical (unpaired) electrons. The van der Waals surface area contributed by atoms with Gasteiger partial charge in [-0.15, -0.1) is 0 Å². The zero-order chi connectivity index (χ0) is 10.8. The van der Waals surface area contributed by atoms with Gasteiger partial charge in [0.2, 0.25) is 0 Å². The van der Waals surface area contributed by atoms with Crippen LogP contribution in [-0.2, 0) is 6.42 Å². The molecule has 1 aliphatic rings. The highest BCUT2D eigenvalue weighted by Crippen LogP contribution is 2.29. The summed E-state index contributed by atoms with van der Waals surface area (Å²) >= 11 is 0. The number of rotatable bonds is 2. The van der Waals surface area contributed by atoms with Crippen LogP contribution in [0.15, 0.2) is 24.3 Å². The van der Waals surface area contributed by atoms with Crippen LogP contribution in [0.3, 0.4) is 0 Å². The second-order valence-corrected chi connectivity index (χ2v) is 5.15. The maximum Gasteiger partial charge on any atom is 0.0327 e. The Labute approximate surface area is 92.9 Å². The van der Waals surface area contributed by atoms with Gasteiger partial charge in [-0.05, 0) is 36.8 Å². The first kappa shape index (κ1) is 10.7. The zero-order valence-electron chi connectivity index (χ0n) is 9.96. The highest BCUT2D eigenvalue weighted by atomic mass is 15.0. The van der Waals surface area contributed by atoms with Crippen molar-refractivity contribution in [2.45, 2.75) is 45.7 Å². The molecular weight excluding hydrogens is 182 g/mol. The van der Waals surface area contributed by atoms with Gasteiger partial charge in [0.05, 0.1) is 0 Å². The van der Waals surface area contributed by atoms with Crippen molar-refractivity contribution < 1.29 is 0 Å². The summed E-state index contributed by atoms with van der Waals surface area (Å²) in [5.74, 6) is 0.751. The van der Waals surface area contributed by atoms with E-state index in [1.54, 1.807) is 0 Å². The van der Waals surface area contributed by atoms with Crippen molar-refractivity contribution in [1.82, 2.24) is 5.32 Å². The van der Waals surface area contributed by atoms with Crippen LogP contribution in [0.1, 0.15) is 44.4 Å². The molecule has 0 bridgehead atoms. The van der Waals surface area contributed by atoms with E-state index in [0.717, 1.165) is 5.92 Å². The van der Waals surface area contributed by atoms with E-state index >= 15 is 0 Å². The Kier molecular flexibility index (Phi) is 3.11. The summed E-state index contributed by atoms with van der Waals surface area (Å²) < 4.78 is 0. The lowest BCUT2D eigenvalue weighted by Crippen LogP contribution is -2.37. The molecule has 0 spiro atoms. The van der Waals surface area contributed by atoms with Gasteiger partial charge in [-0.25, -0.2) is 0 Å². The monoisotopic (exact) mass is 203 g/mol. The molecule has 82 valence electrons. The van der Waals surface area contributed by atoms with E-state index < -0.39 is 0 Å². The predicted octanol–water partition coefficient (Wildman–Crippen LogP) is 3.31. The molecule has 0 fully saturated rings. The summed E-state index contributed by atoms with van der Waals surface area (Å²) in [5, 5.41) is 3.70. The fourth-order valence-electron chi connectivity index (χ4n) is 2.55. The van der Waals surface area contributed by atoms with Crippen molar-refractivity contribution in [1.29, 1.82) is 0 Å². The van der Waals surface area contributed by atoms with Gasteiger partial charge < -0.3 is 5.32 Å². The second kappa shape index (κ2) is 4.36. The Hall–Kier alpha value is -0.820. The van der Waals surface area contributed by atoms with Gasteiger partial charge in [-0.3, -0.25) is 0 Å². The summed E-state index contributed by atoms with van der Waals surface area (Å²) in [4.78, 5) is 0. The van der Waals surface area contributed by atoms with Crippen LogP contribution < -0.4 is 5.32 Å². The first-order valence-corrected chi connectivity index (χ1v) is 6.00. The molecule has 0 aromatic heterocycles. The zero-order valence-corrected chi connectivity index (χ0v) is 9.96. The van der Waals surface area contributed by atoms with Crippen molar-refractivity contribution in [2.75, 3.05) is 0 Å². The van der Waals surface area contributed by atoms with Gasteiger partial charge in [0.15, 0.2) is 0 Å². The number of hydrogen-bond donors (Lipinski definition) is 1. The van der Waals surface area contributed by atoms with Crippen LogP contribution in [0, 0.1) is 5.92 Å². The minimum atomic E-state index is 0.560. The topological polar surface area (TPSA) is 12.0 Å². The SMILES string of the molecule is CC(C)CC1NC(C)Cc2ccccc21. The van der Waals surface area contributed by atoms with E-state index in [0.29, 0.717) is 12.1 Å². The van der Waals surface area contributed by atoms with Gasteiger partial charge >= 0.3 is 0 Å². The van der Waals surface area contributed by atoms with E-state index in [2.05, 4.69) is 50.4 Å². The number of hydrogen-bond acceptors (Lipinski definition) is 1. The lowest BCUT2D eigenvalue weighted by molar-refractivity contribution is 0.366. The van der Waals surface area contributed by atoms with Gasteiger partial charge in [-0.1, -0.05) is 38.1 Å². The van der Waals surface area contributed by atoms with E-state index in [-0.39, 0.29) is 0 Å².